The molecule has 27 heavy (non-hydrogen) atoms. The van der Waals surface area contributed by atoms with Gasteiger partial charge in [0, 0.05) is 25.8 Å². The molecule has 3 heterocycles. The van der Waals surface area contributed by atoms with Crippen molar-refractivity contribution in [3.8, 4) is 0 Å². The monoisotopic (exact) mass is 365 g/mol. The van der Waals surface area contributed by atoms with E-state index in [0.29, 0.717) is 12.3 Å². The molecule has 1 unspecified atom stereocenters. The topological polar surface area (TPSA) is 54.5 Å². The van der Waals surface area contributed by atoms with Gasteiger partial charge < -0.3 is 10.1 Å². The van der Waals surface area contributed by atoms with Gasteiger partial charge in [-0.3, -0.25) is 14.7 Å². The fourth-order valence-corrected chi connectivity index (χ4v) is 4.11. The molecule has 5 heteroatoms. The van der Waals surface area contributed by atoms with Crippen LogP contribution in [-0.2, 0) is 11.3 Å². The molecule has 1 atom stereocenters. The maximum Gasteiger partial charge on any atom is 0.270 e. The molecule has 0 bridgehead atoms. The van der Waals surface area contributed by atoms with E-state index >= 15 is 0 Å². The molecule has 2 aliphatic heterocycles. The van der Waals surface area contributed by atoms with Crippen molar-refractivity contribution in [1.29, 1.82) is 0 Å². The third-order valence-electron chi connectivity index (χ3n) is 5.74. The number of aryl methyl sites for hydroxylation is 1. The summed E-state index contributed by atoms with van der Waals surface area (Å²) in [5.41, 5.74) is 3.05. The van der Waals surface area contributed by atoms with E-state index in [1.54, 1.807) is 12.3 Å². The number of rotatable bonds is 4. The van der Waals surface area contributed by atoms with Gasteiger partial charge in [0.25, 0.3) is 5.91 Å². The van der Waals surface area contributed by atoms with Gasteiger partial charge in [0.1, 0.15) is 5.69 Å². The average molecular weight is 365 g/mol. The SMILES string of the molecule is Cc1ccc(CN2CCC3(CC2)CC(NC(=O)c2ccccn2)CO3)cc1. The summed E-state index contributed by atoms with van der Waals surface area (Å²) in [5.74, 6) is -0.113. The van der Waals surface area contributed by atoms with Gasteiger partial charge in [0.05, 0.1) is 18.2 Å². The molecule has 142 valence electrons. The first kappa shape index (κ1) is 18.1. The average Bonchev–Trinajstić information content (AvgIpc) is 3.08. The Bertz CT molecular complexity index is 768. The van der Waals surface area contributed by atoms with Crippen LogP contribution < -0.4 is 5.32 Å². The first-order valence-corrected chi connectivity index (χ1v) is 9.76. The number of piperidine rings is 1. The minimum absolute atomic E-state index is 0.0724. The van der Waals surface area contributed by atoms with Crippen LogP contribution in [-0.4, -0.2) is 47.1 Å². The summed E-state index contributed by atoms with van der Waals surface area (Å²) >= 11 is 0. The fraction of sp³-hybridized carbons (Fsp3) is 0.455. The zero-order chi connectivity index (χ0) is 18.7. The minimum Gasteiger partial charge on any atom is -0.373 e. The van der Waals surface area contributed by atoms with Crippen LogP contribution in [0.1, 0.15) is 40.9 Å². The van der Waals surface area contributed by atoms with Gasteiger partial charge in [0.15, 0.2) is 0 Å². The molecular formula is C22H27N3O2. The third-order valence-corrected chi connectivity index (χ3v) is 5.74. The molecule has 2 aromatic rings. The second-order valence-corrected chi connectivity index (χ2v) is 7.85. The van der Waals surface area contributed by atoms with Crippen molar-refractivity contribution in [2.24, 2.45) is 0 Å². The molecule has 1 spiro atoms. The molecule has 4 rings (SSSR count). The quantitative estimate of drug-likeness (QED) is 0.905. The first-order valence-electron chi connectivity index (χ1n) is 9.76. The van der Waals surface area contributed by atoms with E-state index in [2.05, 4.69) is 46.4 Å². The number of amides is 1. The van der Waals surface area contributed by atoms with Crippen LogP contribution in [0.15, 0.2) is 48.7 Å². The number of nitrogens with zero attached hydrogens (tertiary/aromatic N) is 2. The number of nitrogens with one attached hydrogen (secondary N) is 1. The van der Waals surface area contributed by atoms with Gasteiger partial charge in [-0.2, -0.15) is 0 Å². The predicted octanol–water partition coefficient (Wildman–Crippen LogP) is 2.94. The number of likely N-dealkylation sites (tertiary alicyclic amines) is 1. The smallest absolute Gasteiger partial charge is 0.270 e. The minimum atomic E-state index is -0.113. The van der Waals surface area contributed by atoms with E-state index in [4.69, 9.17) is 4.74 Å². The highest BCUT2D eigenvalue weighted by atomic mass is 16.5. The predicted molar refractivity (Wildman–Crippen MR) is 104 cm³/mol. The Morgan fingerprint density at radius 3 is 2.70 bits per heavy atom. The molecule has 1 aromatic heterocycles. The summed E-state index contributed by atoms with van der Waals surface area (Å²) in [4.78, 5) is 18.9. The second kappa shape index (κ2) is 7.79. The van der Waals surface area contributed by atoms with E-state index in [-0.39, 0.29) is 17.6 Å². The molecule has 1 aromatic carbocycles. The Morgan fingerprint density at radius 1 is 1.22 bits per heavy atom. The summed E-state index contributed by atoms with van der Waals surface area (Å²) in [6, 6.07) is 14.2. The number of benzene rings is 1. The lowest BCUT2D eigenvalue weighted by Crippen LogP contribution is -2.44. The molecular weight excluding hydrogens is 338 g/mol. The number of hydrogen-bond donors (Lipinski definition) is 1. The molecule has 0 aliphatic carbocycles. The lowest BCUT2D eigenvalue weighted by Gasteiger charge is -2.38. The fourth-order valence-electron chi connectivity index (χ4n) is 4.11. The van der Waals surface area contributed by atoms with Crippen LogP contribution in [0.4, 0.5) is 0 Å². The van der Waals surface area contributed by atoms with Crippen molar-refractivity contribution >= 4 is 5.91 Å². The number of pyridine rings is 1. The molecule has 5 nitrogen and oxygen atoms in total. The molecule has 1 N–H and O–H groups in total. The van der Waals surface area contributed by atoms with Crippen LogP contribution in [0, 0.1) is 6.92 Å². The Morgan fingerprint density at radius 2 is 2.00 bits per heavy atom. The van der Waals surface area contributed by atoms with Gasteiger partial charge in [-0.15, -0.1) is 0 Å². The molecule has 1 amide bonds. The van der Waals surface area contributed by atoms with Gasteiger partial charge in [-0.1, -0.05) is 35.9 Å². The third kappa shape index (κ3) is 4.37. The maximum absolute atomic E-state index is 12.3. The van der Waals surface area contributed by atoms with Gasteiger partial charge in [-0.05, 0) is 43.9 Å². The maximum atomic E-state index is 12.3. The zero-order valence-electron chi connectivity index (χ0n) is 15.9. The highest BCUT2D eigenvalue weighted by molar-refractivity contribution is 5.92. The van der Waals surface area contributed by atoms with E-state index < -0.39 is 0 Å². The van der Waals surface area contributed by atoms with Crippen LogP contribution in [0.3, 0.4) is 0 Å². The standard InChI is InChI=1S/C22H27N3O2/c1-17-5-7-18(8-6-17)15-25-12-9-22(10-13-25)14-19(16-27-22)24-21(26)20-4-2-3-11-23-20/h2-8,11,19H,9-10,12-16H2,1H3,(H,24,26). The highest BCUT2D eigenvalue weighted by Gasteiger charge is 2.43. The molecule has 2 aliphatic rings. The van der Waals surface area contributed by atoms with Crippen molar-refractivity contribution in [2.75, 3.05) is 19.7 Å². The summed E-state index contributed by atoms with van der Waals surface area (Å²) in [5, 5.41) is 3.08. The molecule has 0 radical (unpaired) electrons. The van der Waals surface area contributed by atoms with Gasteiger partial charge in [0.2, 0.25) is 0 Å². The zero-order valence-corrected chi connectivity index (χ0v) is 15.9. The van der Waals surface area contributed by atoms with E-state index in [0.717, 1.165) is 38.9 Å². The van der Waals surface area contributed by atoms with E-state index in [9.17, 15) is 4.79 Å². The molecule has 2 saturated heterocycles. The Hall–Kier alpha value is -2.24. The summed E-state index contributed by atoms with van der Waals surface area (Å²) in [6.07, 6.45) is 4.58. The Kier molecular flexibility index (Phi) is 5.23. The lowest BCUT2D eigenvalue weighted by molar-refractivity contribution is -0.0449. The van der Waals surface area contributed by atoms with Gasteiger partial charge >= 0.3 is 0 Å². The van der Waals surface area contributed by atoms with Crippen molar-refractivity contribution < 1.29 is 9.53 Å². The van der Waals surface area contributed by atoms with Crippen LogP contribution >= 0.6 is 0 Å². The first-order chi connectivity index (χ1) is 13.1. The van der Waals surface area contributed by atoms with Crippen LogP contribution in [0.5, 0.6) is 0 Å². The van der Waals surface area contributed by atoms with E-state index in [1.165, 1.54) is 11.1 Å². The van der Waals surface area contributed by atoms with Crippen molar-refractivity contribution in [2.45, 2.75) is 44.4 Å². The van der Waals surface area contributed by atoms with Crippen molar-refractivity contribution in [3.63, 3.8) is 0 Å². The Labute approximate surface area is 160 Å². The van der Waals surface area contributed by atoms with Gasteiger partial charge in [-0.25, -0.2) is 0 Å². The number of carbonyl (C=O) groups excluding carboxylic acids is 1. The van der Waals surface area contributed by atoms with Crippen molar-refractivity contribution in [1.82, 2.24) is 15.2 Å². The normalized spacial score (nSPS) is 22.0. The summed E-state index contributed by atoms with van der Waals surface area (Å²) < 4.78 is 6.18. The number of carbonyl (C=O) groups is 1. The van der Waals surface area contributed by atoms with Crippen LogP contribution in [0.2, 0.25) is 0 Å². The van der Waals surface area contributed by atoms with Crippen molar-refractivity contribution in [3.05, 3.63) is 65.5 Å². The Balaban J connectivity index is 1.27. The van der Waals surface area contributed by atoms with Crippen LogP contribution in [0.25, 0.3) is 0 Å². The number of hydrogen-bond acceptors (Lipinski definition) is 4. The largest absolute Gasteiger partial charge is 0.373 e. The molecule has 0 saturated carbocycles. The highest BCUT2D eigenvalue weighted by Crippen LogP contribution is 2.36. The number of ether oxygens (including phenoxy) is 1. The lowest BCUT2D eigenvalue weighted by atomic mass is 9.87. The molecule has 2 fully saturated rings. The van der Waals surface area contributed by atoms with E-state index in [1.807, 2.05) is 12.1 Å². The number of aromatic nitrogens is 1. The second-order valence-electron chi connectivity index (χ2n) is 7.85. The summed E-state index contributed by atoms with van der Waals surface area (Å²) in [6.45, 7) is 5.78. The summed E-state index contributed by atoms with van der Waals surface area (Å²) in [7, 11) is 0.